The van der Waals surface area contributed by atoms with E-state index in [1.54, 1.807) is 0 Å². The van der Waals surface area contributed by atoms with Crippen LogP contribution in [-0.2, 0) is 0 Å². The highest BCUT2D eigenvalue weighted by Crippen LogP contribution is 2.29. The van der Waals surface area contributed by atoms with Gasteiger partial charge in [0.05, 0.1) is 5.92 Å². The van der Waals surface area contributed by atoms with Gasteiger partial charge >= 0.3 is 6.18 Å². The lowest BCUT2D eigenvalue weighted by molar-refractivity contribution is -0.176. The molecular weight excluding hydrogens is 217 g/mol. The van der Waals surface area contributed by atoms with Crippen molar-refractivity contribution in [2.45, 2.75) is 32.4 Å². The van der Waals surface area contributed by atoms with Crippen LogP contribution in [0.1, 0.15) is 26.2 Å². The molecular formula is C11H21F3N2. The van der Waals surface area contributed by atoms with E-state index in [0.717, 1.165) is 19.4 Å². The molecule has 0 aromatic carbocycles. The minimum absolute atomic E-state index is 0.0486. The lowest BCUT2D eigenvalue weighted by Crippen LogP contribution is -2.43. The standard InChI is InChI=1S/C11H21F3N2/c1-2-16(7-9-4-3-5-9)8-10(6-15)11(12,13)14/h9-10H,2-8,15H2,1H3. The Morgan fingerprint density at radius 3 is 2.31 bits per heavy atom. The van der Waals surface area contributed by atoms with Crippen molar-refractivity contribution in [2.24, 2.45) is 17.6 Å². The Hall–Kier alpha value is -0.290. The SMILES string of the molecule is CCN(CC1CCC1)CC(CN)C(F)(F)F. The van der Waals surface area contributed by atoms with Crippen molar-refractivity contribution in [1.29, 1.82) is 0 Å². The van der Waals surface area contributed by atoms with Crippen LogP contribution < -0.4 is 5.73 Å². The maximum Gasteiger partial charge on any atom is 0.394 e. The Kier molecular flexibility index (Phi) is 5.05. The van der Waals surface area contributed by atoms with Gasteiger partial charge in [-0.05, 0) is 25.3 Å². The fraction of sp³-hybridized carbons (Fsp3) is 1.00. The lowest BCUT2D eigenvalue weighted by atomic mass is 9.85. The Bertz CT molecular complexity index is 202. The first-order valence-corrected chi connectivity index (χ1v) is 5.96. The smallest absolute Gasteiger partial charge is 0.330 e. The Morgan fingerprint density at radius 2 is 2.00 bits per heavy atom. The van der Waals surface area contributed by atoms with Gasteiger partial charge in [-0.15, -0.1) is 0 Å². The molecule has 1 aliphatic carbocycles. The number of hydrogen-bond acceptors (Lipinski definition) is 2. The Balaban J connectivity index is 2.40. The zero-order valence-electron chi connectivity index (χ0n) is 9.76. The Morgan fingerprint density at radius 1 is 1.38 bits per heavy atom. The molecule has 1 unspecified atom stereocenters. The number of nitrogens with zero attached hydrogens (tertiary/aromatic N) is 1. The van der Waals surface area contributed by atoms with Gasteiger partial charge in [0, 0.05) is 19.6 Å². The summed E-state index contributed by atoms with van der Waals surface area (Å²) in [7, 11) is 0. The molecule has 5 heteroatoms. The highest BCUT2D eigenvalue weighted by Gasteiger charge is 2.39. The third-order valence-corrected chi connectivity index (χ3v) is 3.41. The van der Waals surface area contributed by atoms with Crippen molar-refractivity contribution >= 4 is 0 Å². The fourth-order valence-corrected chi connectivity index (χ4v) is 2.00. The molecule has 0 amide bonds. The fourth-order valence-electron chi connectivity index (χ4n) is 2.00. The van der Waals surface area contributed by atoms with Crippen LogP contribution in [0.4, 0.5) is 13.2 Å². The molecule has 1 fully saturated rings. The van der Waals surface area contributed by atoms with Crippen LogP contribution in [-0.4, -0.2) is 37.3 Å². The van der Waals surface area contributed by atoms with Gasteiger partial charge in [-0.1, -0.05) is 13.3 Å². The predicted octanol–water partition coefficient (Wildman–Crippen LogP) is 2.25. The maximum absolute atomic E-state index is 12.5. The van der Waals surface area contributed by atoms with E-state index in [4.69, 9.17) is 5.73 Å². The molecule has 0 aromatic rings. The minimum atomic E-state index is -4.16. The summed E-state index contributed by atoms with van der Waals surface area (Å²) in [4.78, 5) is 1.88. The van der Waals surface area contributed by atoms with Gasteiger partial charge in [0.2, 0.25) is 0 Å². The summed E-state index contributed by atoms with van der Waals surface area (Å²) in [5.74, 6) is -0.779. The van der Waals surface area contributed by atoms with E-state index in [0.29, 0.717) is 12.5 Å². The largest absolute Gasteiger partial charge is 0.394 e. The van der Waals surface area contributed by atoms with Gasteiger partial charge in [-0.3, -0.25) is 0 Å². The van der Waals surface area contributed by atoms with Crippen LogP contribution >= 0.6 is 0 Å². The summed E-state index contributed by atoms with van der Waals surface area (Å²) in [5.41, 5.74) is 5.19. The van der Waals surface area contributed by atoms with Crippen LogP contribution in [0.15, 0.2) is 0 Å². The van der Waals surface area contributed by atoms with E-state index >= 15 is 0 Å². The normalized spacial score (nSPS) is 19.9. The topological polar surface area (TPSA) is 29.3 Å². The van der Waals surface area contributed by atoms with Gasteiger partial charge in [-0.25, -0.2) is 0 Å². The van der Waals surface area contributed by atoms with Crippen molar-refractivity contribution < 1.29 is 13.2 Å². The molecule has 2 nitrogen and oxygen atoms in total. The molecule has 0 heterocycles. The van der Waals surface area contributed by atoms with Gasteiger partial charge in [0.25, 0.3) is 0 Å². The van der Waals surface area contributed by atoms with Crippen LogP contribution in [0.2, 0.25) is 0 Å². The van der Waals surface area contributed by atoms with E-state index in [9.17, 15) is 13.2 Å². The molecule has 16 heavy (non-hydrogen) atoms. The second-order valence-electron chi connectivity index (χ2n) is 4.62. The molecule has 0 bridgehead atoms. The third-order valence-electron chi connectivity index (χ3n) is 3.41. The van der Waals surface area contributed by atoms with E-state index in [1.807, 2.05) is 11.8 Å². The van der Waals surface area contributed by atoms with Crippen molar-refractivity contribution in [1.82, 2.24) is 4.90 Å². The zero-order valence-corrected chi connectivity index (χ0v) is 9.76. The highest BCUT2D eigenvalue weighted by atomic mass is 19.4. The monoisotopic (exact) mass is 238 g/mol. The second-order valence-corrected chi connectivity index (χ2v) is 4.62. The van der Waals surface area contributed by atoms with Crippen molar-refractivity contribution in [2.75, 3.05) is 26.2 Å². The highest BCUT2D eigenvalue weighted by molar-refractivity contribution is 4.77. The molecule has 1 rings (SSSR count). The van der Waals surface area contributed by atoms with E-state index in [1.165, 1.54) is 6.42 Å². The van der Waals surface area contributed by atoms with Crippen molar-refractivity contribution in [3.8, 4) is 0 Å². The number of nitrogens with two attached hydrogens (primary N) is 1. The summed E-state index contributed by atoms with van der Waals surface area (Å²) < 4.78 is 37.6. The molecule has 0 aromatic heterocycles. The predicted molar refractivity (Wildman–Crippen MR) is 58.1 cm³/mol. The van der Waals surface area contributed by atoms with Gasteiger partial charge in [-0.2, -0.15) is 13.2 Å². The molecule has 1 saturated carbocycles. The minimum Gasteiger partial charge on any atom is -0.330 e. The van der Waals surface area contributed by atoms with Crippen LogP contribution in [0.25, 0.3) is 0 Å². The van der Waals surface area contributed by atoms with Gasteiger partial charge < -0.3 is 10.6 Å². The first-order chi connectivity index (χ1) is 7.47. The van der Waals surface area contributed by atoms with E-state index < -0.39 is 12.1 Å². The zero-order chi connectivity index (χ0) is 12.2. The Labute approximate surface area is 95.0 Å². The first kappa shape index (κ1) is 13.8. The maximum atomic E-state index is 12.5. The van der Waals surface area contributed by atoms with Gasteiger partial charge in [0.15, 0.2) is 0 Å². The van der Waals surface area contributed by atoms with E-state index in [2.05, 4.69) is 0 Å². The number of hydrogen-bond donors (Lipinski definition) is 1. The summed E-state index contributed by atoms with van der Waals surface area (Å²) in [5, 5.41) is 0. The molecule has 0 spiro atoms. The lowest BCUT2D eigenvalue weighted by Gasteiger charge is -2.34. The van der Waals surface area contributed by atoms with E-state index in [-0.39, 0.29) is 13.1 Å². The van der Waals surface area contributed by atoms with Crippen molar-refractivity contribution in [3.05, 3.63) is 0 Å². The number of rotatable bonds is 6. The van der Waals surface area contributed by atoms with Crippen LogP contribution in [0.3, 0.4) is 0 Å². The molecule has 0 saturated heterocycles. The third kappa shape index (κ3) is 3.94. The van der Waals surface area contributed by atoms with Crippen molar-refractivity contribution in [3.63, 3.8) is 0 Å². The quantitative estimate of drug-likeness (QED) is 0.769. The average Bonchev–Trinajstić information content (AvgIpc) is 2.13. The van der Waals surface area contributed by atoms with Crippen LogP contribution in [0.5, 0.6) is 0 Å². The summed E-state index contributed by atoms with van der Waals surface area (Å²) >= 11 is 0. The molecule has 0 radical (unpaired) electrons. The molecule has 1 aliphatic rings. The average molecular weight is 238 g/mol. The first-order valence-electron chi connectivity index (χ1n) is 5.96. The molecule has 1 atom stereocenters. The van der Waals surface area contributed by atoms with Gasteiger partial charge in [0.1, 0.15) is 0 Å². The molecule has 2 N–H and O–H groups in total. The van der Waals surface area contributed by atoms with Crippen LogP contribution in [0, 0.1) is 11.8 Å². The number of halogens is 3. The summed E-state index contributed by atoms with van der Waals surface area (Å²) in [6.07, 6.45) is -0.616. The summed E-state index contributed by atoms with van der Waals surface area (Å²) in [6.45, 7) is 3.10. The summed E-state index contributed by atoms with van der Waals surface area (Å²) in [6, 6.07) is 0. The second kappa shape index (κ2) is 5.87. The molecule has 0 aliphatic heterocycles. The molecule has 96 valence electrons. The number of alkyl halides is 3.